The van der Waals surface area contributed by atoms with E-state index in [4.69, 9.17) is 9.47 Å². The minimum Gasteiger partial charge on any atom is -0.493 e. The number of fused-ring (bicyclic) bond motifs is 7. The summed E-state index contributed by atoms with van der Waals surface area (Å²) in [4.78, 5) is 0. The fourth-order valence-electron chi connectivity index (χ4n) is 5.10. The third-order valence-electron chi connectivity index (χ3n) is 6.36. The van der Waals surface area contributed by atoms with E-state index in [1.807, 2.05) is 0 Å². The molecule has 3 aliphatic rings. The largest absolute Gasteiger partial charge is 0.493 e. The fraction of sp³-hybridized carbons (Fsp3) is 0.478. The third-order valence-corrected chi connectivity index (χ3v) is 7.39. The molecule has 2 aromatic rings. The standard InChI is InChI=1S/C23H28O2P2/c26-20-12-18-22(16-8-3-1-6-14(16)20)23-17-9-4-2-7-15(17)21(27)13-19(23)25-11-5-10-24-18/h12-13H,1-11,26-27H2. The third kappa shape index (κ3) is 3.10. The minimum atomic E-state index is 0.722. The SMILES string of the molecule is Pc1cc2c(c3c1CCCC3)-c1c(cc(P)c3c1CCCC3)OCCCO2. The Morgan fingerprint density at radius 2 is 0.963 bits per heavy atom. The smallest absolute Gasteiger partial charge is 0.128 e. The predicted octanol–water partition coefficient (Wildman–Crippen LogP) is 4.27. The van der Waals surface area contributed by atoms with Gasteiger partial charge in [0, 0.05) is 17.5 Å². The van der Waals surface area contributed by atoms with Gasteiger partial charge in [-0.1, -0.05) is 0 Å². The van der Waals surface area contributed by atoms with Crippen molar-refractivity contribution in [3.05, 3.63) is 34.4 Å². The van der Waals surface area contributed by atoms with Crippen LogP contribution in [0.4, 0.5) is 0 Å². The summed E-state index contributed by atoms with van der Waals surface area (Å²) in [5.41, 5.74) is 8.77. The van der Waals surface area contributed by atoms with Crippen molar-refractivity contribution in [1.82, 2.24) is 0 Å². The van der Waals surface area contributed by atoms with E-state index in [0.717, 1.165) is 44.0 Å². The van der Waals surface area contributed by atoms with Crippen LogP contribution in [-0.2, 0) is 25.7 Å². The normalized spacial score (nSPS) is 18.4. The average molecular weight is 398 g/mol. The van der Waals surface area contributed by atoms with Crippen LogP contribution >= 0.6 is 18.5 Å². The molecule has 5 rings (SSSR count). The maximum absolute atomic E-state index is 6.33. The van der Waals surface area contributed by atoms with Crippen molar-refractivity contribution in [1.29, 1.82) is 0 Å². The van der Waals surface area contributed by atoms with Crippen LogP contribution < -0.4 is 20.1 Å². The van der Waals surface area contributed by atoms with E-state index in [1.54, 1.807) is 0 Å². The lowest BCUT2D eigenvalue weighted by molar-refractivity contribution is 0.252. The Balaban J connectivity index is 1.86. The molecule has 0 saturated heterocycles. The Kier molecular flexibility index (Phi) is 4.91. The molecular weight excluding hydrogens is 370 g/mol. The van der Waals surface area contributed by atoms with E-state index < -0.39 is 0 Å². The van der Waals surface area contributed by atoms with Gasteiger partial charge in [0.2, 0.25) is 0 Å². The predicted molar refractivity (Wildman–Crippen MR) is 119 cm³/mol. The van der Waals surface area contributed by atoms with Crippen LogP contribution in [-0.4, -0.2) is 13.2 Å². The topological polar surface area (TPSA) is 18.5 Å². The van der Waals surface area contributed by atoms with Crippen LogP contribution in [0.5, 0.6) is 11.5 Å². The van der Waals surface area contributed by atoms with Crippen molar-refractivity contribution >= 4 is 29.1 Å². The van der Waals surface area contributed by atoms with E-state index in [9.17, 15) is 0 Å². The molecule has 2 unspecified atom stereocenters. The van der Waals surface area contributed by atoms with Crippen LogP contribution in [0.3, 0.4) is 0 Å². The summed E-state index contributed by atoms with van der Waals surface area (Å²) in [6, 6.07) is 4.53. The van der Waals surface area contributed by atoms with Gasteiger partial charge in [0.15, 0.2) is 0 Å². The first-order valence-electron chi connectivity index (χ1n) is 10.4. The Hall–Kier alpha value is -1.10. The van der Waals surface area contributed by atoms with E-state index in [1.165, 1.54) is 82.5 Å². The number of hydrogen-bond donors (Lipinski definition) is 0. The molecule has 0 radical (unpaired) electrons. The molecule has 0 aromatic heterocycles. The molecule has 2 aromatic carbocycles. The van der Waals surface area contributed by atoms with Gasteiger partial charge >= 0.3 is 0 Å². The first-order valence-corrected chi connectivity index (χ1v) is 11.5. The number of benzene rings is 2. The van der Waals surface area contributed by atoms with E-state index in [2.05, 4.69) is 30.6 Å². The molecule has 27 heavy (non-hydrogen) atoms. The molecule has 1 heterocycles. The first-order chi connectivity index (χ1) is 13.2. The van der Waals surface area contributed by atoms with Crippen molar-refractivity contribution < 1.29 is 9.47 Å². The van der Waals surface area contributed by atoms with Crippen molar-refractivity contribution in [2.24, 2.45) is 0 Å². The molecule has 2 nitrogen and oxygen atoms in total. The van der Waals surface area contributed by atoms with Gasteiger partial charge in [0.25, 0.3) is 0 Å². The lowest BCUT2D eigenvalue weighted by atomic mass is 9.80. The molecule has 4 heteroatoms. The second kappa shape index (κ2) is 7.38. The summed E-state index contributed by atoms with van der Waals surface area (Å²) in [5, 5.41) is 2.64. The maximum Gasteiger partial charge on any atom is 0.128 e. The van der Waals surface area contributed by atoms with Gasteiger partial charge in [-0.05, 0) is 96.4 Å². The molecule has 0 spiro atoms. The second-order valence-corrected chi connectivity index (χ2v) is 9.30. The minimum absolute atomic E-state index is 0.722. The fourth-order valence-corrected chi connectivity index (χ4v) is 6.04. The second-order valence-electron chi connectivity index (χ2n) is 8.06. The Morgan fingerprint density at radius 3 is 1.41 bits per heavy atom. The summed E-state index contributed by atoms with van der Waals surface area (Å²) in [7, 11) is 5.93. The highest BCUT2D eigenvalue weighted by molar-refractivity contribution is 7.27. The zero-order valence-corrected chi connectivity index (χ0v) is 18.2. The number of hydrogen-bond acceptors (Lipinski definition) is 2. The maximum atomic E-state index is 6.33. The molecule has 2 atom stereocenters. The van der Waals surface area contributed by atoms with E-state index in [0.29, 0.717) is 0 Å². The van der Waals surface area contributed by atoms with Gasteiger partial charge in [-0.15, -0.1) is 18.5 Å². The highest BCUT2D eigenvalue weighted by atomic mass is 31.0. The molecular formula is C23H28O2P2. The van der Waals surface area contributed by atoms with Crippen molar-refractivity contribution in [3.63, 3.8) is 0 Å². The van der Waals surface area contributed by atoms with Crippen LogP contribution in [0.1, 0.15) is 54.4 Å². The van der Waals surface area contributed by atoms with Crippen LogP contribution in [0.2, 0.25) is 0 Å². The monoisotopic (exact) mass is 398 g/mol. The van der Waals surface area contributed by atoms with Gasteiger partial charge in [-0.2, -0.15) is 0 Å². The quantitative estimate of drug-likeness (QED) is 0.617. The van der Waals surface area contributed by atoms with Crippen LogP contribution in [0, 0.1) is 0 Å². The number of rotatable bonds is 0. The van der Waals surface area contributed by atoms with E-state index in [-0.39, 0.29) is 0 Å². The molecule has 0 saturated carbocycles. The molecule has 0 fully saturated rings. The summed E-state index contributed by atoms with van der Waals surface area (Å²) in [6.07, 6.45) is 10.7. The Morgan fingerprint density at radius 1 is 0.556 bits per heavy atom. The van der Waals surface area contributed by atoms with Gasteiger partial charge in [-0.25, -0.2) is 0 Å². The molecule has 0 amide bonds. The average Bonchev–Trinajstić information content (AvgIpc) is 2.77. The highest BCUT2D eigenvalue weighted by Crippen LogP contribution is 2.47. The van der Waals surface area contributed by atoms with Crippen molar-refractivity contribution in [2.45, 2.75) is 57.8 Å². The summed E-state index contributed by atoms with van der Waals surface area (Å²) in [6.45, 7) is 1.44. The van der Waals surface area contributed by atoms with Crippen molar-refractivity contribution in [3.8, 4) is 22.6 Å². The molecule has 0 N–H and O–H groups in total. The van der Waals surface area contributed by atoms with Gasteiger partial charge in [-0.3, -0.25) is 0 Å². The summed E-state index contributed by atoms with van der Waals surface area (Å²) < 4.78 is 12.7. The van der Waals surface area contributed by atoms with Gasteiger partial charge < -0.3 is 9.47 Å². The molecule has 1 aliphatic heterocycles. The molecule has 2 aliphatic carbocycles. The van der Waals surface area contributed by atoms with Crippen LogP contribution in [0.25, 0.3) is 11.1 Å². The lowest BCUT2D eigenvalue weighted by Crippen LogP contribution is -2.18. The zero-order valence-electron chi connectivity index (χ0n) is 15.9. The Labute approximate surface area is 166 Å². The molecule has 0 bridgehead atoms. The zero-order chi connectivity index (χ0) is 18.4. The van der Waals surface area contributed by atoms with Gasteiger partial charge in [0.1, 0.15) is 11.5 Å². The first kappa shape index (κ1) is 18.0. The summed E-state index contributed by atoms with van der Waals surface area (Å²) in [5.74, 6) is 2.13. The number of ether oxygens (including phenoxy) is 2. The highest BCUT2D eigenvalue weighted by Gasteiger charge is 2.28. The summed E-state index contributed by atoms with van der Waals surface area (Å²) >= 11 is 0. The van der Waals surface area contributed by atoms with Crippen LogP contribution in [0.15, 0.2) is 12.1 Å². The lowest BCUT2D eigenvalue weighted by Gasteiger charge is -2.29. The molecule has 142 valence electrons. The van der Waals surface area contributed by atoms with Gasteiger partial charge in [0.05, 0.1) is 13.2 Å². The van der Waals surface area contributed by atoms with E-state index >= 15 is 0 Å². The van der Waals surface area contributed by atoms with Crippen molar-refractivity contribution in [2.75, 3.05) is 13.2 Å². The Bertz CT molecular complexity index is 831.